The van der Waals surface area contributed by atoms with Gasteiger partial charge in [0, 0.05) is 0 Å². The van der Waals surface area contributed by atoms with E-state index in [0.29, 0.717) is 11.8 Å². The summed E-state index contributed by atoms with van der Waals surface area (Å²) in [6.45, 7) is 0. The molecule has 3 aliphatic carbocycles. The zero-order valence-electron chi connectivity index (χ0n) is 14.2. The number of rotatable bonds is 4. The van der Waals surface area contributed by atoms with Crippen LogP contribution in [-0.2, 0) is 0 Å². The molecule has 3 aliphatic rings. The van der Waals surface area contributed by atoms with Crippen LogP contribution >= 0.6 is 0 Å². The Labute approximate surface area is 140 Å². The van der Waals surface area contributed by atoms with E-state index in [2.05, 4.69) is 0 Å². The van der Waals surface area contributed by atoms with Crippen LogP contribution in [-0.4, -0.2) is 27.5 Å². The molecule has 0 aliphatic heterocycles. The predicted molar refractivity (Wildman–Crippen MR) is 94.3 cm³/mol. The first kappa shape index (κ1) is 17.1. The molecule has 22 heavy (non-hydrogen) atoms. The van der Waals surface area contributed by atoms with Gasteiger partial charge in [-0.2, -0.15) is 0 Å². The van der Waals surface area contributed by atoms with Crippen molar-refractivity contribution in [2.75, 3.05) is 0 Å². The van der Waals surface area contributed by atoms with E-state index in [1.165, 1.54) is 96.3 Å². The summed E-state index contributed by atoms with van der Waals surface area (Å²) in [5.41, 5.74) is 0. The number of hydrogen-bond donors (Lipinski definition) is 1. The first-order valence-corrected chi connectivity index (χ1v) is 16.4. The number of hydrogen-bond acceptors (Lipinski definition) is 1. The second kappa shape index (κ2) is 7.89. The molecule has 3 rings (SSSR count). The van der Waals surface area contributed by atoms with Gasteiger partial charge >= 0.3 is 140 Å². The Morgan fingerprint density at radius 2 is 0.864 bits per heavy atom. The third-order valence-corrected chi connectivity index (χ3v) is 25.8. The molecule has 126 valence electrons. The molecule has 0 atom stereocenters. The fourth-order valence-corrected chi connectivity index (χ4v) is 26.6. The van der Waals surface area contributed by atoms with Gasteiger partial charge in [0.25, 0.3) is 0 Å². The van der Waals surface area contributed by atoms with Gasteiger partial charge in [0.2, 0.25) is 0 Å². The van der Waals surface area contributed by atoms with Gasteiger partial charge in [-0.05, 0) is 0 Å². The number of carboxylic acid groups (broad SMARTS) is 1. The molecule has 3 fully saturated rings. The van der Waals surface area contributed by atoms with Gasteiger partial charge in [0.1, 0.15) is 0 Å². The minimum atomic E-state index is -3.22. The van der Waals surface area contributed by atoms with Gasteiger partial charge in [-0.1, -0.05) is 0 Å². The van der Waals surface area contributed by atoms with Crippen LogP contribution in [0.4, 0.5) is 4.79 Å². The molecule has 3 heteroatoms. The summed E-state index contributed by atoms with van der Waals surface area (Å²) in [7, 11) is 0. The van der Waals surface area contributed by atoms with E-state index in [-0.39, 0.29) is 3.99 Å². The van der Waals surface area contributed by atoms with Crippen LogP contribution in [0.25, 0.3) is 0 Å². The second-order valence-corrected chi connectivity index (χ2v) is 21.8. The zero-order chi connectivity index (χ0) is 15.4. The van der Waals surface area contributed by atoms with Crippen LogP contribution in [0.5, 0.6) is 0 Å². The number of carbonyl (C=O) groups is 1. The maximum absolute atomic E-state index is 12.8. The quantitative estimate of drug-likeness (QED) is 0.521. The molecule has 0 radical (unpaired) electrons. The molecular weight excluding hydrogens is 379 g/mol. The van der Waals surface area contributed by atoms with Crippen molar-refractivity contribution in [3.63, 3.8) is 0 Å². The van der Waals surface area contributed by atoms with Crippen molar-refractivity contribution in [1.29, 1.82) is 0 Å². The molecular formula is C19H34O2Sn. The molecule has 0 amide bonds. The summed E-state index contributed by atoms with van der Waals surface area (Å²) in [4.78, 5) is 12.8. The van der Waals surface area contributed by atoms with Gasteiger partial charge in [0.15, 0.2) is 0 Å². The van der Waals surface area contributed by atoms with E-state index in [1.54, 1.807) is 0 Å². The van der Waals surface area contributed by atoms with E-state index in [9.17, 15) is 9.90 Å². The van der Waals surface area contributed by atoms with Crippen LogP contribution < -0.4 is 0 Å². The molecule has 0 aromatic carbocycles. The van der Waals surface area contributed by atoms with Crippen LogP contribution in [0, 0.1) is 0 Å². The molecule has 0 spiro atoms. The van der Waals surface area contributed by atoms with Crippen LogP contribution in [0.15, 0.2) is 0 Å². The molecule has 0 aromatic heterocycles. The van der Waals surface area contributed by atoms with E-state index in [1.807, 2.05) is 0 Å². The Morgan fingerprint density at radius 3 is 1.09 bits per heavy atom. The minimum absolute atomic E-state index is 0.208. The summed E-state index contributed by atoms with van der Waals surface area (Å²) in [6, 6.07) is 0. The van der Waals surface area contributed by atoms with Crippen molar-refractivity contribution in [1.82, 2.24) is 0 Å². The van der Waals surface area contributed by atoms with Crippen molar-refractivity contribution >= 4 is 22.4 Å². The third kappa shape index (κ3) is 3.23. The first-order chi connectivity index (χ1) is 10.8. The van der Waals surface area contributed by atoms with E-state index >= 15 is 0 Å². The van der Waals surface area contributed by atoms with Crippen molar-refractivity contribution < 1.29 is 9.90 Å². The maximum atomic E-state index is 12.8. The van der Waals surface area contributed by atoms with Gasteiger partial charge in [0.05, 0.1) is 0 Å². The zero-order valence-corrected chi connectivity index (χ0v) is 17.0. The van der Waals surface area contributed by atoms with Crippen molar-refractivity contribution in [3.05, 3.63) is 0 Å². The predicted octanol–water partition coefficient (Wildman–Crippen LogP) is 6.70. The first-order valence-electron chi connectivity index (χ1n) is 9.99. The molecule has 0 bridgehead atoms. The van der Waals surface area contributed by atoms with E-state index < -0.39 is 18.4 Å². The summed E-state index contributed by atoms with van der Waals surface area (Å²) >= 11 is -3.22. The van der Waals surface area contributed by atoms with Gasteiger partial charge in [-0.3, -0.25) is 0 Å². The van der Waals surface area contributed by atoms with Crippen molar-refractivity contribution in [2.45, 2.75) is 108 Å². The molecule has 0 unspecified atom stereocenters. The third-order valence-electron chi connectivity index (χ3n) is 7.21. The van der Waals surface area contributed by atoms with Crippen molar-refractivity contribution in [2.24, 2.45) is 0 Å². The summed E-state index contributed by atoms with van der Waals surface area (Å²) < 4.78 is 1.81. The second-order valence-electron chi connectivity index (χ2n) is 8.24. The molecule has 1 N–H and O–H groups in total. The Balaban J connectivity index is 1.94. The van der Waals surface area contributed by atoms with Crippen LogP contribution in [0.2, 0.25) is 11.8 Å². The van der Waals surface area contributed by atoms with Crippen LogP contribution in [0.3, 0.4) is 0 Å². The van der Waals surface area contributed by atoms with E-state index in [0.717, 1.165) is 0 Å². The Morgan fingerprint density at radius 1 is 0.591 bits per heavy atom. The summed E-state index contributed by atoms with van der Waals surface area (Å²) in [5.74, 6) is 0. The van der Waals surface area contributed by atoms with E-state index in [4.69, 9.17) is 0 Å². The Bertz CT molecular complexity index is 318. The molecule has 0 saturated heterocycles. The fraction of sp³-hybridized carbons (Fsp3) is 0.947. The fourth-order valence-electron chi connectivity index (χ4n) is 6.26. The Hall–Kier alpha value is 0.269. The SMILES string of the molecule is O=[C](O)[Sn]([CH]1CCCCC1)([CH]1CCCCC1)[CH]1CCCCC1. The van der Waals surface area contributed by atoms with Crippen LogP contribution in [0.1, 0.15) is 96.3 Å². The van der Waals surface area contributed by atoms with Gasteiger partial charge < -0.3 is 0 Å². The normalized spacial score (nSPS) is 26.9. The van der Waals surface area contributed by atoms with Gasteiger partial charge in [-0.25, -0.2) is 0 Å². The van der Waals surface area contributed by atoms with Gasteiger partial charge in [-0.15, -0.1) is 0 Å². The molecule has 0 aromatic rings. The monoisotopic (exact) mass is 414 g/mol. The molecule has 3 saturated carbocycles. The summed E-state index contributed by atoms with van der Waals surface area (Å²) in [5, 5.41) is 10.6. The molecule has 2 nitrogen and oxygen atoms in total. The topological polar surface area (TPSA) is 37.3 Å². The molecule has 0 heterocycles. The standard InChI is InChI=1S/3C6H11.CHO2.Sn/c3*1-2-4-6-5-3-1;2-1-3;/h3*1H,2-6H2;(H,2,3);. The average molecular weight is 413 g/mol. The summed E-state index contributed by atoms with van der Waals surface area (Å²) in [6.07, 6.45) is 19.6. The average Bonchev–Trinajstić information content (AvgIpc) is 2.58. The van der Waals surface area contributed by atoms with Crippen molar-refractivity contribution in [3.8, 4) is 0 Å². The Kier molecular flexibility index (Phi) is 6.14.